The zero-order chi connectivity index (χ0) is 107. The maximum absolute atomic E-state index is 13.5. The molecule has 12 aromatic rings. The lowest BCUT2D eigenvalue weighted by molar-refractivity contribution is -0.138. The van der Waals surface area contributed by atoms with E-state index in [9.17, 15) is 62.6 Å². The average Bonchev–Trinajstić information content (AvgIpc) is 0.819. The molecule has 0 saturated heterocycles. The lowest BCUT2D eigenvalue weighted by atomic mass is 10.1. The van der Waals surface area contributed by atoms with Gasteiger partial charge in [-0.3, -0.25) is 0 Å². The van der Waals surface area contributed by atoms with Crippen molar-refractivity contribution in [1.29, 1.82) is 0 Å². The molecule has 0 spiro atoms. The maximum Gasteiger partial charge on any atom is 0.343 e. The molecule has 2 N–H and O–H groups in total. The summed E-state index contributed by atoms with van der Waals surface area (Å²) in [7, 11) is 0. The SMILES string of the molecule is C=CC(=O)OCCCCCCOc1ccc2cc(C(=O)Oc3ccc(OC(=O)c4ccc5cc(O)ccc5c4)c(CCC)c3)ccc2c1.C=CC(=O)OCCCCCCOc1ccc2cc(C(=O)Oc3ccc(OC(=O)c4ccc5cc(OC(=O)c6ccc(OCCCOC(=O)C=C)c(OCCCOC(=O)C=C)c6)ccc5c4)c(CCC)c3)ccc2c1.C=CC(=O)OCCCOc1ccc(C(=O)O)cc1OCCCOC(=O)C=C. The van der Waals surface area contributed by atoms with Gasteiger partial charge in [0.25, 0.3) is 0 Å². The molecule has 0 unspecified atom stereocenters. The summed E-state index contributed by atoms with van der Waals surface area (Å²) in [5, 5.41) is 25.4. The molecular weight excluding hydrogens is 1910 g/mol. The van der Waals surface area contributed by atoms with Crippen LogP contribution in [0.25, 0.3) is 43.1 Å². The van der Waals surface area contributed by atoms with E-state index in [0.29, 0.717) is 138 Å². The molecule has 0 aromatic heterocycles. The monoisotopic (exact) mass is 2030 g/mol. The van der Waals surface area contributed by atoms with E-state index in [0.717, 1.165) is 144 Å². The smallest absolute Gasteiger partial charge is 0.343 e. The summed E-state index contributed by atoms with van der Waals surface area (Å²) in [6.07, 6.45) is 18.0. The van der Waals surface area contributed by atoms with Gasteiger partial charge in [0.15, 0.2) is 23.0 Å². The van der Waals surface area contributed by atoms with Gasteiger partial charge in [-0.1, -0.05) is 115 Å². The van der Waals surface area contributed by atoms with Crippen molar-refractivity contribution in [3.8, 4) is 69.0 Å². The number of hydrogen-bond acceptors (Lipinski definition) is 30. The number of phenolic OH excluding ortho intramolecular Hbond substituents is 1. The topological polar surface area (TPSA) is 402 Å². The van der Waals surface area contributed by atoms with Crippen LogP contribution in [0, 0.1) is 0 Å². The minimum absolute atomic E-state index is 0.0512. The van der Waals surface area contributed by atoms with Crippen molar-refractivity contribution in [3.63, 3.8) is 0 Å². The Morgan fingerprint density at radius 3 is 0.812 bits per heavy atom. The number of aromatic carboxylic acids is 1. The number of rotatable bonds is 57. The van der Waals surface area contributed by atoms with E-state index in [1.807, 2.05) is 62.4 Å². The van der Waals surface area contributed by atoms with Gasteiger partial charge in [0.2, 0.25) is 0 Å². The Kier molecular flexibility index (Phi) is 46.3. The summed E-state index contributed by atoms with van der Waals surface area (Å²) in [6, 6.07) is 61.0. The fourth-order valence-corrected chi connectivity index (χ4v) is 14.4. The van der Waals surface area contributed by atoms with E-state index in [-0.39, 0.29) is 87.0 Å². The zero-order valence-corrected chi connectivity index (χ0v) is 83.0. The highest BCUT2D eigenvalue weighted by molar-refractivity contribution is 6.01. The molecule has 776 valence electrons. The summed E-state index contributed by atoms with van der Waals surface area (Å²) in [6.45, 7) is 27.3. The number of aryl methyl sites for hydroxylation is 2. The fraction of sp³-hybridized carbons (Fsp3) is 0.254. The minimum Gasteiger partial charge on any atom is -0.508 e. The van der Waals surface area contributed by atoms with Crippen LogP contribution in [0.1, 0.15) is 177 Å². The van der Waals surface area contributed by atoms with Gasteiger partial charge in [-0.05, 0) is 288 Å². The molecule has 0 aliphatic rings. The zero-order valence-electron chi connectivity index (χ0n) is 83.0. The molecule has 0 heterocycles. The number of fused-ring (bicyclic) bond motifs is 4. The quantitative estimate of drug-likeness (QED) is 0.0117. The van der Waals surface area contributed by atoms with Crippen LogP contribution in [0.2, 0.25) is 0 Å². The molecule has 0 aliphatic heterocycles. The van der Waals surface area contributed by atoms with Gasteiger partial charge in [0, 0.05) is 62.1 Å². The Bertz CT molecular complexity index is 6770. The Labute approximate surface area is 862 Å². The molecule has 12 rings (SSSR count). The van der Waals surface area contributed by atoms with Gasteiger partial charge >= 0.3 is 71.6 Å². The molecule has 31 nitrogen and oxygen atoms in total. The molecular formula is C118H118O31. The lowest BCUT2D eigenvalue weighted by Gasteiger charge is -2.14. The maximum atomic E-state index is 13.5. The standard InChI is InChI=1S/C59H58O15.C40H38O8.C19H22O8/c1-5-15-44-38-50(73-57(63)45-18-16-42-36-48(23-20-40(42)34-45)66-28-11-9-10-12-29-69-54(60)6-2)25-27-51(44)74-59(65)46-19-17-43-37-49(24-21-41(43)35-46)72-58(64)47-22-26-52(67-30-13-32-70-55(61)7-3)53(39-47)68-31-14-33-71-56(62)8-4;1-3-9-31-26-36(18-19-37(31)48-40(44)33-12-10-29-24-34(41)16-14-27(29)22-33)47-39(43)32-13-11-30-25-35(17-15-28(30)23-32)45-20-7-5-6-8-21-46-38(42)4-2;1-3-17(20)26-11-5-9-24-15-8-7-14(19(22)23)13-16(15)25-10-6-12-27-18(21)4-2/h6-8,16-27,34-39H,2-5,9-15,28-33H2,1H3;4,10-19,22-26,41H,2-3,5-9,20-21H2,1H3;3-4,7-8,13H,1-2,5-6,9-12H2,(H,22,23). The van der Waals surface area contributed by atoms with Crippen LogP contribution in [0.3, 0.4) is 0 Å². The van der Waals surface area contributed by atoms with Crippen molar-refractivity contribution in [3.05, 3.63) is 339 Å². The normalized spacial score (nSPS) is 10.6. The number of hydrogen-bond donors (Lipinski definition) is 2. The highest BCUT2D eigenvalue weighted by Crippen LogP contribution is 2.36. The van der Waals surface area contributed by atoms with Crippen molar-refractivity contribution in [2.75, 3.05) is 79.3 Å². The second-order valence-corrected chi connectivity index (χ2v) is 33.1. The first-order chi connectivity index (χ1) is 72.2. The summed E-state index contributed by atoms with van der Waals surface area (Å²) in [4.78, 5) is 144. The minimum atomic E-state index is -1.09. The van der Waals surface area contributed by atoms with E-state index in [2.05, 4.69) is 39.5 Å². The van der Waals surface area contributed by atoms with E-state index in [4.69, 9.17) is 85.6 Å². The summed E-state index contributed by atoms with van der Waals surface area (Å²) < 4.78 is 93.3. The molecule has 12 aromatic carbocycles. The Hall–Kier alpha value is -17.6. The number of aromatic hydroxyl groups is 1. The predicted molar refractivity (Wildman–Crippen MR) is 558 cm³/mol. The molecule has 0 amide bonds. The van der Waals surface area contributed by atoms with Gasteiger partial charge in [0.05, 0.1) is 113 Å². The van der Waals surface area contributed by atoms with Gasteiger partial charge in [0.1, 0.15) is 46.0 Å². The van der Waals surface area contributed by atoms with Gasteiger partial charge < -0.3 is 90.7 Å². The molecule has 0 aliphatic carbocycles. The number of esters is 11. The van der Waals surface area contributed by atoms with Crippen LogP contribution in [0.5, 0.6) is 69.0 Å². The summed E-state index contributed by atoms with van der Waals surface area (Å²) >= 11 is 0. The highest BCUT2D eigenvalue weighted by Gasteiger charge is 2.23. The van der Waals surface area contributed by atoms with Crippen LogP contribution < -0.4 is 52.1 Å². The van der Waals surface area contributed by atoms with Crippen molar-refractivity contribution in [2.24, 2.45) is 0 Å². The summed E-state index contributed by atoms with van der Waals surface area (Å²) in [5.41, 5.74) is 3.12. The Balaban J connectivity index is 0.000000257. The first-order valence-electron chi connectivity index (χ1n) is 48.5. The number of carbonyl (C=O) groups excluding carboxylic acids is 11. The molecule has 0 radical (unpaired) electrons. The number of benzene rings is 12. The van der Waals surface area contributed by atoms with Crippen LogP contribution in [-0.2, 0) is 70.0 Å². The second-order valence-electron chi connectivity index (χ2n) is 33.1. The summed E-state index contributed by atoms with van der Waals surface area (Å²) in [5.74, 6) is -2.32. The molecule has 149 heavy (non-hydrogen) atoms. The van der Waals surface area contributed by atoms with E-state index >= 15 is 0 Å². The third kappa shape index (κ3) is 37.8. The first kappa shape index (κ1) is 113. The Morgan fingerprint density at radius 2 is 0.470 bits per heavy atom. The van der Waals surface area contributed by atoms with Crippen LogP contribution in [0.15, 0.2) is 294 Å². The first-order valence-corrected chi connectivity index (χ1v) is 48.5. The number of carboxylic acids is 1. The largest absolute Gasteiger partial charge is 0.508 e. The Morgan fingerprint density at radius 1 is 0.228 bits per heavy atom. The molecule has 0 fully saturated rings. The second kappa shape index (κ2) is 60.8. The number of carboxylic acid groups (broad SMARTS) is 1. The number of unbranched alkanes of at least 4 members (excludes halogenated alkanes) is 6. The van der Waals surface area contributed by atoms with Crippen molar-refractivity contribution in [1.82, 2.24) is 0 Å². The third-order valence-corrected chi connectivity index (χ3v) is 22.0. The lowest BCUT2D eigenvalue weighted by Crippen LogP contribution is -2.12. The third-order valence-electron chi connectivity index (χ3n) is 22.0. The van der Waals surface area contributed by atoms with Gasteiger partial charge in [-0.25, -0.2) is 57.5 Å². The van der Waals surface area contributed by atoms with E-state index in [1.165, 1.54) is 36.4 Å². The van der Waals surface area contributed by atoms with Gasteiger partial charge in [-0.15, -0.1) is 0 Å². The van der Waals surface area contributed by atoms with Gasteiger partial charge in [-0.2, -0.15) is 0 Å². The fourth-order valence-electron chi connectivity index (χ4n) is 14.4. The van der Waals surface area contributed by atoms with E-state index < -0.39 is 71.6 Å². The molecule has 31 heteroatoms. The average molecular weight is 2030 g/mol. The molecule has 0 saturated carbocycles. The van der Waals surface area contributed by atoms with Crippen molar-refractivity contribution >= 4 is 115 Å². The van der Waals surface area contributed by atoms with Crippen LogP contribution in [0.4, 0.5) is 0 Å². The predicted octanol–water partition coefficient (Wildman–Crippen LogP) is 22.4. The van der Waals surface area contributed by atoms with Crippen molar-refractivity contribution in [2.45, 2.75) is 117 Å². The van der Waals surface area contributed by atoms with E-state index in [1.54, 1.807) is 140 Å². The number of carbonyl (C=O) groups is 12. The number of phenols is 1. The van der Waals surface area contributed by atoms with Crippen molar-refractivity contribution < 1.29 is 148 Å². The number of ether oxygens (including phenoxy) is 17. The molecule has 0 atom stereocenters. The van der Waals surface area contributed by atoms with Crippen LogP contribution in [-0.4, -0.2) is 161 Å². The highest BCUT2D eigenvalue weighted by atomic mass is 16.6. The van der Waals surface area contributed by atoms with Crippen LogP contribution >= 0.6 is 0 Å². The molecule has 0 bridgehead atoms.